The molecule has 1 saturated carbocycles. The highest BCUT2D eigenvalue weighted by Gasteiger charge is 2.51. The first kappa shape index (κ1) is 29.9. The van der Waals surface area contributed by atoms with Crippen LogP contribution < -0.4 is 9.64 Å². The van der Waals surface area contributed by atoms with Gasteiger partial charge in [-0.05, 0) is 63.0 Å². The van der Waals surface area contributed by atoms with Gasteiger partial charge in [0.15, 0.2) is 0 Å². The van der Waals surface area contributed by atoms with E-state index in [1.807, 2.05) is 0 Å². The van der Waals surface area contributed by atoms with Crippen molar-refractivity contribution < 1.29 is 45.4 Å². The van der Waals surface area contributed by atoms with E-state index >= 15 is 0 Å². The zero-order valence-electron chi connectivity index (χ0n) is 20.8. The number of carboxylic acid groups (broad SMARTS) is 1. The molecule has 0 amide bonds. The van der Waals surface area contributed by atoms with Crippen LogP contribution in [0.5, 0.6) is 5.75 Å². The lowest BCUT2D eigenvalue weighted by Gasteiger charge is -2.26. The minimum absolute atomic E-state index is 0.0625. The minimum Gasteiger partial charge on any atom is -0.492 e. The van der Waals surface area contributed by atoms with Gasteiger partial charge in [0.05, 0.1) is 16.1 Å². The Bertz CT molecular complexity index is 1150. The maximum atomic E-state index is 13.9. The number of carbonyl (C=O) groups is 1. The number of hydrogen-bond acceptors (Lipinski definition) is 5. The molecule has 1 aliphatic carbocycles. The lowest BCUT2D eigenvalue weighted by molar-refractivity contribution is -0.144. The number of rotatable bonds is 6. The third-order valence-corrected chi connectivity index (χ3v) is 7.16. The number of benzene rings is 2. The predicted molar refractivity (Wildman–Crippen MR) is 129 cm³/mol. The molecule has 1 heterocycles. The molecule has 0 radical (unpaired) electrons. The molecule has 5 nitrogen and oxygen atoms in total. The molecule has 1 aliphatic heterocycles. The summed E-state index contributed by atoms with van der Waals surface area (Å²) in [6.45, 7) is 2.59. The fraction of sp³-hybridized carbons (Fsp3) is 0.480. The van der Waals surface area contributed by atoms with Gasteiger partial charge in [0, 0.05) is 31.3 Å². The monoisotopic (exact) mass is 568 g/mol. The summed E-state index contributed by atoms with van der Waals surface area (Å²) >= 11 is 1.17. The predicted octanol–water partition coefficient (Wildman–Crippen LogP) is 7.37. The van der Waals surface area contributed by atoms with Gasteiger partial charge >= 0.3 is 12.1 Å². The molecule has 0 saturated heterocycles. The number of fused-ring (bicyclic) bond motifs is 1. The van der Waals surface area contributed by atoms with Gasteiger partial charge in [0.25, 0.3) is 0 Å². The second-order valence-corrected chi connectivity index (χ2v) is 10.6. The fourth-order valence-corrected chi connectivity index (χ4v) is 4.43. The van der Waals surface area contributed by atoms with Gasteiger partial charge in [0.1, 0.15) is 29.4 Å². The summed E-state index contributed by atoms with van der Waals surface area (Å²) in [5, 5.41) is 9.30. The number of carboxylic acids is 1. The van der Waals surface area contributed by atoms with E-state index in [4.69, 9.17) is 4.74 Å². The van der Waals surface area contributed by atoms with Crippen molar-refractivity contribution in [3.63, 3.8) is 0 Å². The van der Waals surface area contributed by atoms with Crippen LogP contribution in [0.1, 0.15) is 38.7 Å². The fourth-order valence-electron chi connectivity index (χ4n) is 3.50. The number of ether oxygens (including phenoxy) is 1. The third kappa shape index (κ3) is 7.46. The maximum Gasteiger partial charge on any atom is 0.420 e. The van der Waals surface area contributed by atoms with Crippen LogP contribution in [0.2, 0.25) is 0 Å². The second-order valence-electron chi connectivity index (χ2n) is 9.33. The molecule has 0 bridgehead atoms. The van der Waals surface area contributed by atoms with Gasteiger partial charge in [-0.1, -0.05) is 6.92 Å². The molecular formula is C25H27F7N2O3S. The summed E-state index contributed by atoms with van der Waals surface area (Å²) in [5.41, 5.74) is -2.03. The average Bonchev–Trinajstić information content (AvgIpc) is 3.60. The second kappa shape index (κ2) is 11.2. The summed E-state index contributed by atoms with van der Waals surface area (Å²) in [7, 11) is 1.74. The third-order valence-electron chi connectivity index (χ3n) is 6.14. The normalized spacial score (nSPS) is 17.2. The summed E-state index contributed by atoms with van der Waals surface area (Å²) in [4.78, 5) is 13.2. The Balaban J connectivity index is 0.000000599. The molecule has 13 heteroatoms. The van der Waals surface area contributed by atoms with Crippen molar-refractivity contribution >= 4 is 29.3 Å². The summed E-state index contributed by atoms with van der Waals surface area (Å²) < 4.78 is 99.4. The molecule has 1 N–H and O–H groups in total. The molecule has 0 unspecified atom stereocenters. The highest BCUT2D eigenvalue weighted by Crippen LogP contribution is 2.49. The van der Waals surface area contributed by atoms with Crippen molar-refractivity contribution in [2.45, 2.75) is 50.1 Å². The van der Waals surface area contributed by atoms with Crippen molar-refractivity contribution in [2.24, 2.45) is 5.41 Å². The summed E-state index contributed by atoms with van der Waals surface area (Å²) in [6, 6.07) is 4.91. The lowest BCUT2D eigenvalue weighted by atomic mass is 10.1. The molecule has 210 valence electrons. The van der Waals surface area contributed by atoms with Crippen LogP contribution in [0, 0.1) is 17.0 Å². The van der Waals surface area contributed by atoms with Gasteiger partial charge in [0.2, 0.25) is 5.92 Å². The minimum atomic E-state index is -4.79. The average molecular weight is 569 g/mol. The number of alkyl halides is 5. The topological polar surface area (TPSA) is 53.0 Å². The van der Waals surface area contributed by atoms with E-state index in [9.17, 15) is 40.6 Å². The number of nitrogens with zero attached hydrogens (tertiary/aromatic N) is 2. The molecule has 0 aromatic heterocycles. The Labute approximate surface area is 219 Å². The summed E-state index contributed by atoms with van der Waals surface area (Å²) in [6.07, 6.45) is -4.17. The van der Waals surface area contributed by atoms with E-state index in [0.29, 0.717) is 30.3 Å². The van der Waals surface area contributed by atoms with Gasteiger partial charge in [-0.25, -0.2) is 21.9 Å². The zero-order valence-corrected chi connectivity index (χ0v) is 21.7. The van der Waals surface area contributed by atoms with E-state index < -0.39 is 46.4 Å². The van der Waals surface area contributed by atoms with Crippen LogP contribution in [-0.2, 0) is 11.0 Å². The van der Waals surface area contributed by atoms with Crippen molar-refractivity contribution in [3.05, 3.63) is 47.5 Å². The Kier molecular flexibility index (Phi) is 8.81. The first-order valence-corrected chi connectivity index (χ1v) is 12.4. The first-order valence-electron chi connectivity index (χ1n) is 11.7. The number of anilines is 2. The number of likely N-dealkylation sites (N-methyl/N-ethyl adjacent to an activating group) is 1. The van der Waals surface area contributed by atoms with Gasteiger partial charge in [-0.15, -0.1) is 0 Å². The Hall–Kier alpha value is -2.67. The van der Waals surface area contributed by atoms with Crippen molar-refractivity contribution in [1.29, 1.82) is 0 Å². The Morgan fingerprint density at radius 1 is 1.05 bits per heavy atom. The molecular weight excluding hydrogens is 541 g/mol. The maximum absolute atomic E-state index is 13.9. The van der Waals surface area contributed by atoms with E-state index in [0.717, 1.165) is 25.1 Å². The van der Waals surface area contributed by atoms with Crippen LogP contribution in [0.15, 0.2) is 35.2 Å². The molecule has 1 fully saturated rings. The van der Waals surface area contributed by atoms with Crippen LogP contribution in [0.3, 0.4) is 0 Å². The molecule has 38 heavy (non-hydrogen) atoms. The number of halogens is 7. The Morgan fingerprint density at radius 3 is 2.11 bits per heavy atom. The number of hydrogen-bond donors (Lipinski definition) is 1. The highest BCUT2D eigenvalue weighted by atomic mass is 32.2. The van der Waals surface area contributed by atoms with Crippen LogP contribution in [0.25, 0.3) is 0 Å². The van der Waals surface area contributed by atoms with Gasteiger partial charge < -0.3 is 14.7 Å². The highest BCUT2D eigenvalue weighted by molar-refractivity contribution is 7.97. The molecule has 2 aromatic carbocycles. The zero-order chi connectivity index (χ0) is 28.5. The van der Waals surface area contributed by atoms with Crippen molar-refractivity contribution in [2.75, 3.05) is 31.6 Å². The smallest absolute Gasteiger partial charge is 0.420 e. The molecule has 0 spiro atoms. The van der Waals surface area contributed by atoms with E-state index in [-0.39, 0.29) is 30.9 Å². The molecule has 2 aliphatic rings. The quantitative estimate of drug-likeness (QED) is 0.290. The SMILES string of the molecule is CCC(C)(F)F.CN1CCN(c2cc(F)cc(F)c2)c2cc(C(F)(F)F)c(OCC3(C(=O)O)CC3)cc2S1. The standard InChI is InChI=1S/C21H19F5N2O3S.C4H8F2/c1-27-4-5-28(14-7-12(22)6-13(23)8-14)16-9-15(21(24,25)26)17(10-18(16)32-27)31-11-20(2-3-20)19(29)30;1-3-4(2,5)6/h6-10H,2-5,11H2,1H3,(H,29,30);3H2,1-2H3. The van der Waals surface area contributed by atoms with Crippen LogP contribution in [-0.4, -0.2) is 48.0 Å². The first-order chi connectivity index (χ1) is 17.5. The van der Waals surface area contributed by atoms with E-state index in [2.05, 4.69) is 0 Å². The van der Waals surface area contributed by atoms with Crippen molar-refractivity contribution in [3.8, 4) is 5.75 Å². The van der Waals surface area contributed by atoms with Gasteiger partial charge in [-0.2, -0.15) is 13.2 Å². The lowest BCUT2D eigenvalue weighted by Crippen LogP contribution is -2.25. The van der Waals surface area contributed by atoms with E-state index in [1.165, 1.54) is 29.8 Å². The molecule has 2 aromatic rings. The van der Waals surface area contributed by atoms with Crippen LogP contribution in [0.4, 0.5) is 42.1 Å². The summed E-state index contributed by atoms with van der Waals surface area (Å²) in [5.74, 6) is -5.72. The molecule has 0 atom stereocenters. The van der Waals surface area contributed by atoms with Crippen molar-refractivity contribution in [1.82, 2.24) is 4.31 Å². The molecule has 4 rings (SSSR count). The van der Waals surface area contributed by atoms with Crippen LogP contribution >= 0.6 is 11.9 Å². The van der Waals surface area contributed by atoms with Gasteiger partial charge in [-0.3, -0.25) is 4.79 Å². The number of aliphatic carboxylic acids is 1. The Morgan fingerprint density at radius 2 is 1.63 bits per heavy atom. The van der Waals surface area contributed by atoms with E-state index in [1.54, 1.807) is 11.4 Å². The largest absolute Gasteiger partial charge is 0.492 e.